The van der Waals surface area contributed by atoms with E-state index in [1.165, 1.54) is 24.5 Å². The van der Waals surface area contributed by atoms with Crippen LogP contribution in [0.3, 0.4) is 0 Å². The number of carbonyl (C=O) groups excluding carboxylic acids is 1. The van der Waals surface area contributed by atoms with Gasteiger partial charge in [0.2, 0.25) is 10.0 Å². The molecule has 2 saturated heterocycles. The first-order valence-electron chi connectivity index (χ1n) is 11.1. The molecule has 2 aromatic rings. The van der Waals surface area contributed by atoms with E-state index in [0.717, 1.165) is 18.4 Å². The fourth-order valence-corrected chi connectivity index (χ4v) is 5.65. The van der Waals surface area contributed by atoms with Gasteiger partial charge in [-0.25, -0.2) is 8.42 Å². The highest BCUT2D eigenvalue weighted by Crippen LogP contribution is 2.30. The molecule has 2 aromatic carbocycles. The quantitative estimate of drug-likeness (QED) is 0.614. The second kappa shape index (κ2) is 10.2. The van der Waals surface area contributed by atoms with Crippen molar-refractivity contribution in [3.8, 4) is 5.75 Å². The molecule has 2 fully saturated rings. The van der Waals surface area contributed by atoms with Crippen molar-refractivity contribution < 1.29 is 27.4 Å². The highest BCUT2D eigenvalue weighted by atomic mass is 32.2. The van der Waals surface area contributed by atoms with E-state index in [2.05, 4.69) is 0 Å². The van der Waals surface area contributed by atoms with Crippen LogP contribution >= 0.6 is 0 Å². The van der Waals surface area contributed by atoms with Crippen molar-refractivity contribution >= 4 is 15.9 Å². The maximum absolute atomic E-state index is 13.4. The lowest BCUT2D eigenvalue weighted by Gasteiger charge is -2.34. The molecule has 1 amide bonds. The van der Waals surface area contributed by atoms with Crippen LogP contribution in [0.4, 0.5) is 0 Å². The van der Waals surface area contributed by atoms with Crippen LogP contribution in [0.15, 0.2) is 53.4 Å². The van der Waals surface area contributed by atoms with Crippen LogP contribution in [-0.4, -0.2) is 70.3 Å². The second-order valence-electron chi connectivity index (χ2n) is 8.35. The Balaban J connectivity index is 1.50. The number of amides is 1. The number of methoxy groups -OCH3 is 1. The van der Waals surface area contributed by atoms with Gasteiger partial charge in [0.1, 0.15) is 10.6 Å². The van der Waals surface area contributed by atoms with E-state index in [1.807, 2.05) is 30.3 Å². The number of benzene rings is 2. The molecule has 4 rings (SSSR count). The minimum atomic E-state index is -3.88. The molecule has 2 aliphatic rings. The third kappa shape index (κ3) is 5.22. The number of hydrogen-bond acceptors (Lipinski definition) is 6. The number of ether oxygens (including phenoxy) is 3. The Morgan fingerprint density at radius 3 is 2.39 bits per heavy atom. The monoisotopic (exact) mass is 474 g/mol. The largest absolute Gasteiger partial charge is 0.495 e. The van der Waals surface area contributed by atoms with Crippen LogP contribution in [0.1, 0.15) is 28.8 Å². The molecule has 0 atom stereocenters. The molecule has 9 heteroatoms. The number of hydrogen-bond donors (Lipinski definition) is 0. The molecule has 0 unspecified atom stereocenters. The number of likely N-dealkylation sites (tertiary alicyclic amines) is 1. The fourth-order valence-electron chi connectivity index (χ4n) is 4.31. The molecule has 0 aliphatic carbocycles. The van der Waals surface area contributed by atoms with Gasteiger partial charge in [0, 0.05) is 38.2 Å². The summed E-state index contributed by atoms with van der Waals surface area (Å²) in [5.41, 5.74) is 1.20. The summed E-state index contributed by atoms with van der Waals surface area (Å²) in [5, 5.41) is 0. The van der Waals surface area contributed by atoms with Crippen LogP contribution < -0.4 is 4.74 Å². The lowest BCUT2D eigenvalue weighted by atomic mass is 9.95. The van der Waals surface area contributed by atoms with Crippen LogP contribution in [0.2, 0.25) is 0 Å². The summed E-state index contributed by atoms with van der Waals surface area (Å²) < 4.78 is 44.5. The van der Waals surface area contributed by atoms with Gasteiger partial charge in [0.15, 0.2) is 6.29 Å². The molecule has 2 heterocycles. The lowest BCUT2D eigenvalue weighted by molar-refractivity contribution is -0.0956. The van der Waals surface area contributed by atoms with Gasteiger partial charge in [-0.2, -0.15) is 4.31 Å². The highest BCUT2D eigenvalue weighted by molar-refractivity contribution is 7.89. The Labute approximate surface area is 195 Å². The summed E-state index contributed by atoms with van der Waals surface area (Å²) in [6, 6.07) is 13.9. The average molecular weight is 475 g/mol. The first-order valence-corrected chi connectivity index (χ1v) is 12.5. The molecule has 2 aliphatic heterocycles. The molecule has 8 nitrogen and oxygen atoms in total. The van der Waals surface area contributed by atoms with Crippen molar-refractivity contribution in [2.75, 3.05) is 40.5 Å². The SMILES string of the molecule is COc1ccc(C(=O)N2CCC(C3OCCO3)CC2)cc1S(=O)(=O)N(C)Cc1ccccc1. The number of rotatable bonds is 7. The van der Waals surface area contributed by atoms with E-state index in [4.69, 9.17) is 14.2 Å². The molecule has 0 bridgehead atoms. The topological polar surface area (TPSA) is 85.4 Å². The van der Waals surface area contributed by atoms with Crippen LogP contribution in [0, 0.1) is 5.92 Å². The summed E-state index contributed by atoms with van der Waals surface area (Å²) in [6.45, 7) is 2.60. The van der Waals surface area contributed by atoms with E-state index in [9.17, 15) is 13.2 Å². The van der Waals surface area contributed by atoms with Gasteiger partial charge in [-0.15, -0.1) is 0 Å². The van der Waals surface area contributed by atoms with Gasteiger partial charge in [-0.1, -0.05) is 30.3 Å². The van der Waals surface area contributed by atoms with Gasteiger partial charge in [-0.05, 0) is 36.6 Å². The lowest BCUT2D eigenvalue weighted by Crippen LogP contribution is -2.41. The van der Waals surface area contributed by atoms with Crippen molar-refractivity contribution in [2.45, 2.75) is 30.6 Å². The zero-order valence-corrected chi connectivity index (χ0v) is 19.8. The maximum Gasteiger partial charge on any atom is 0.253 e. The van der Waals surface area contributed by atoms with Crippen LogP contribution in [-0.2, 0) is 26.0 Å². The summed E-state index contributed by atoms with van der Waals surface area (Å²) in [4.78, 5) is 14.9. The summed E-state index contributed by atoms with van der Waals surface area (Å²) >= 11 is 0. The van der Waals surface area contributed by atoms with Crippen molar-refractivity contribution in [1.29, 1.82) is 0 Å². The number of carbonyl (C=O) groups is 1. The molecule has 0 aromatic heterocycles. The highest BCUT2D eigenvalue weighted by Gasteiger charge is 2.33. The van der Waals surface area contributed by atoms with E-state index < -0.39 is 10.0 Å². The van der Waals surface area contributed by atoms with E-state index in [-0.39, 0.29) is 35.3 Å². The molecule has 0 radical (unpaired) electrons. The van der Waals surface area contributed by atoms with Crippen LogP contribution in [0.5, 0.6) is 5.75 Å². The second-order valence-corrected chi connectivity index (χ2v) is 10.4. The number of sulfonamides is 1. The van der Waals surface area contributed by atoms with Gasteiger partial charge < -0.3 is 19.1 Å². The van der Waals surface area contributed by atoms with Gasteiger partial charge in [0.25, 0.3) is 5.91 Å². The molecule has 33 heavy (non-hydrogen) atoms. The Morgan fingerprint density at radius 1 is 1.09 bits per heavy atom. The van der Waals surface area contributed by atoms with E-state index in [0.29, 0.717) is 31.9 Å². The Kier molecular flexibility index (Phi) is 7.33. The standard InChI is InChI=1S/C24H30N2O6S/c1-25(17-18-6-4-3-5-7-18)33(28,29)22-16-20(8-9-21(22)30-2)23(27)26-12-10-19(11-13-26)24-31-14-15-32-24/h3-9,16,19,24H,10-15,17H2,1-2H3. The molecular formula is C24H30N2O6S. The maximum atomic E-state index is 13.4. The molecule has 0 spiro atoms. The Hall–Kier alpha value is -2.46. The average Bonchev–Trinajstić information content (AvgIpc) is 3.39. The van der Waals surface area contributed by atoms with Gasteiger partial charge >= 0.3 is 0 Å². The molecule has 0 N–H and O–H groups in total. The smallest absolute Gasteiger partial charge is 0.253 e. The molecule has 178 valence electrons. The molecule has 0 saturated carbocycles. The van der Waals surface area contributed by atoms with Crippen molar-refractivity contribution in [2.24, 2.45) is 5.92 Å². The summed E-state index contributed by atoms with van der Waals surface area (Å²) in [6.07, 6.45) is 1.40. The van der Waals surface area contributed by atoms with Crippen LogP contribution in [0.25, 0.3) is 0 Å². The van der Waals surface area contributed by atoms with Gasteiger partial charge in [0.05, 0.1) is 20.3 Å². The number of nitrogens with zero attached hydrogens (tertiary/aromatic N) is 2. The third-order valence-electron chi connectivity index (χ3n) is 6.21. The first kappa shape index (κ1) is 23.7. The zero-order valence-electron chi connectivity index (χ0n) is 19.0. The van der Waals surface area contributed by atoms with E-state index >= 15 is 0 Å². The number of piperidine rings is 1. The predicted octanol–water partition coefficient (Wildman–Crippen LogP) is 2.74. The Morgan fingerprint density at radius 2 is 1.76 bits per heavy atom. The third-order valence-corrected chi connectivity index (χ3v) is 8.03. The summed E-state index contributed by atoms with van der Waals surface area (Å²) in [5.74, 6) is 0.294. The predicted molar refractivity (Wildman–Crippen MR) is 122 cm³/mol. The Bertz CT molecular complexity index is 1060. The van der Waals surface area contributed by atoms with Crippen molar-refractivity contribution in [3.63, 3.8) is 0 Å². The van der Waals surface area contributed by atoms with Crippen molar-refractivity contribution in [1.82, 2.24) is 9.21 Å². The first-order chi connectivity index (χ1) is 15.9. The minimum absolute atomic E-state index is 0.0167. The zero-order chi connectivity index (χ0) is 23.4. The molecular weight excluding hydrogens is 444 g/mol. The van der Waals surface area contributed by atoms with Gasteiger partial charge in [-0.3, -0.25) is 4.79 Å². The fraction of sp³-hybridized carbons (Fsp3) is 0.458. The van der Waals surface area contributed by atoms with Crippen molar-refractivity contribution in [3.05, 3.63) is 59.7 Å². The minimum Gasteiger partial charge on any atom is -0.495 e. The normalized spacial score (nSPS) is 18.1. The summed E-state index contributed by atoms with van der Waals surface area (Å²) in [7, 11) is -0.938. The van der Waals surface area contributed by atoms with E-state index in [1.54, 1.807) is 17.0 Å².